The van der Waals surface area contributed by atoms with Crippen molar-refractivity contribution in [1.82, 2.24) is 0 Å². The van der Waals surface area contributed by atoms with Crippen LogP contribution in [0.5, 0.6) is 5.75 Å². The van der Waals surface area contributed by atoms with Crippen molar-refractivity contribution in [2.45, 2.75) is 20.8 Å². The Morgan fingerprint density at radius 3 is 2.28 bits per heavy atom. The van der Waals surface area contributed by atoms with Gasteiger partial charge in [0.2, 0.25) is 5.91 Å². The topological polar surface area (TPSA) is 75.6 Å². The molecule has 0 aliphatic heterocycles. The lowest BCUT2D eigenvalue weighted by Gasteiger charge is -2.18. The molecule has 0 aliphatic rings. The van der Waals surface area contributed by atoms with Crippen LogP contribution in [0.2, 0.25) is 0 Å². The first kappa shape index (κ1) is 14.0. The number of aliphatic carboxylic acids is 1. The van der Waals surface area contributed by atoms with E-state index in [-0.39, 0.29) is 0 Å². The van der Waals surface area contributed by atoms with Gasteiger partial charge in [0.1, 0.15) is 11.2 Å². The number of anilines is 1. The average Bonchev–Trinajstić information content (AvgIpc) is 2.31. The van der Waals surface area contributed by atoms with Gasteiger partial charge >= 0.3 is 5.97 Å². The Hall–Kier alpha value is -2.04. The Kier molecular flexibility index (Phi) is 4.31. The number of nitrogens with one attached hydrogen (secondary N) is 1. The Morgan fingerprint density at radius 1 is 1.28 bits per heavy atom. The molecule has 0 fully saturated rings. The minimum atomic E-state index is -1.46. The van der Waals surface area contributed by atoms with E-state index in [1.165, 1.54) is 13.8 Å². The number of carbonyl (C=O) groups excluding carboxylic acids is 1. The summed E-state index contributed by atoms with van der Waals surface area (Å²) in [6.45, 7) is 5.17. The second-order valence-electron chi connectivity index (χ2n) is 4.34. The van der Waals surface area contributed by atoms with E-state index in [2.05, 4.69) is 5.32 Å². The molecule has 0 spiro atoms. The summed E-state index contributed by atoms with van der Waals surface area (Å²) in [5, 5.41) is 11.5. The zero-order valence-corrected chi connectivity index (χ0v) is 10.7. The van der Waals surface area contributed by atoms with Gasteiger partial charge in [-0.1, -0.05) is 0 Å². The van der Waals surface area contributed by atoms with Gasteiger partial charge in [0.05, 0.1) is 6.61 Å². The van der Waals surface area contributed by atoms with Crippen LogP contribution in [-0.2, 0) is 9.59 Å². The Balaban J connectivity index is 2.73. The van der Waals surface area contributed by atoms with Crippen LogP contribution in [0.1, 0.15) is 20.8 Å². The van der Waals surface area contributed by atoms with Crippen molar-refractivity contribution in [3.05, 3.63) is 24.3 Å². The van der Waals surface area contributed by atoms with Crippen molar-refractivity contribution in [1.29, 1.82) is 0 Å². The fourth-order valence-corrected chi connectivity index (χ4v) is 1.19. The Labute approximate surface area is 106 Å². The van der Waals surface area contributed by atoms with Gasteiger partial charge in [0, 0.05) is 5.69 Å². The van der Waals surface area contributed by atoms with Crippen LogP contribution in [0.25, 0.3) is 0 Å². The molecular weight excluding hydrogens is 234 g/mol. The summed E-state index contributed by atoms with van der Waals surface area (Å²) in [5.41, 5.74) is -0.920. The number of carboxylic acids is 1. The summed E-state index contributed by atoms with van der Waals surface area (Å²) in [6.07, 6.45) is 0. The van der Waals surface area contributed by atoms with Gasteiger partial charge in [0.15, 0.2) is 0 Å². The quantitative estimate of drug-likeness (QED) is 0.786. The molecule has 0 unspecified atom stereocenters. The number of hydrogen-bond donors (Lipinski definition) is 2. The van der Waals surface area contributed by atoms with Crippen molar-refractivity contribution >= 4 is 17.6 Å². The molecule has 5 nitrogen and oxygen atoms in total. The standard InChI is InChI=1S/C13H17NO4/c1-4-18-10-7-5-9(6-8-10)14-11(15)13(2,3)12(16)17/h5-8H,4H2,1-3H3,(H,14,15)(H,16,17). The summed E-state index contributed by atoms with van der Waals surface area (Å²) < 4.78 is 5.26. The highest BCUT2D eigenvalue weighted by molar-refractivity contribution is 6.07. The van der Waals surface area contributed by atoms with E-state index >= 15 is 0 Å². The third kappa shape index (κ3) is 3.23. The van der Waals surface area contributed by atoms with Crippen LogP contribution in [0.4, 0.5) is 5.69 Å². The maximum atomic E-state index is 11.8. The molecule has 0 heterocycles. The van der Waals surface area contributed by atoms with Gasteiger partial charge in [0.25, 0.3) is 0 Å². The summed E-state index contributed by atoms with van der Waals surface area (Å²) >= 11 is 0. The highest BCUT2D eigenvalue weighted by atomic mass is 16.5. The molecule has 0 aliphatic carbocycles. The van der Waals surface area contributed by atoms with E-state index in [1.54, 1.807) is 24.3 Å². The first-order chi connectivity index (χ1) is 8.37. The van der Waals surface area contributed by atoms with Gasteiger partial charge in [-0.25, -0.2) is 0 Å². The predicted molar refractivity (Wildman–Crippen MR) is 67.7 cm³/mol. The molecule has 0 bridgehead atoms. The molecule has 0 atom stereocenters. The minimum absolute atomic E-state index is 0.540. The molecule has 1 aromatic carbocycles. The predicted octanol–water partition coefficient (Wildman–Crippen LogP) is 2.13. The molecule has 1 aromatic rings. The molecule has 2 N–H and O–H groups in total. The first-order valence-electron chi connectivity index (χ1n) is 5.65. The lowest BCUT2D eigenvalue weighted by atomic mass is 9.92. The SMILES string of the molecule is CCOc1ccc(NC(=O)C(C)(C)C(=O)O)cc1. The van der Waals surface area contributed by atoms with Gasteiger partial charge in [-0.2, -0.15) is 0 Å². The molecule has 0 saturated heterocycles. The molecule has 5 heteroatoms. The second-order valence-corrected chi connectivity index (χ2v) is 4.34. The summed E-state index contributed by atoms with van der Waals surface area (Å²) in [7, 11) is 0. The zero-order valence-electron chi connectivity index (χ0n) is 10.7. The van der Waals surface area contributed by atoms with Crippen molar-refractivity contribution in [3.63, 3.8) is 0 Å². The molecule has 0 aromatic heterocycles. The number of ether oxygens (including phenoxy) is 1. The number of rotatable bonds is 5. The molecule has 18 heavy (non-hydrogen) atoms. The smallest absolute Gasteiger partial charge is 0.318 e. The lowest BCUT2D eigenvalue weighted by molar-refractivity contribution is -0.151. The van der Waals surface area contributed by atoms with E-state index in [0.717, 1.165) is 0 Å². The van der Waals surface area contributed by atoms with E-state index in [4.69, 9.17) is 9.84 Å². The molecule has 0 radical (unpaired) electrons. The largest absolute Gasteiger partial charge is 0.494 e. The van der Waals surface area contributed by atoms with Crippen molar-refractivity contribution in [2.24, 2.45) is 5.41 Å². The summed E-state index contributed by atoms with van der Waals surface area (Å²) in [4.78, 5) is 22.7. The molecular formula is C13H17NO4. The number of carboxylic acid groups (broad SMARTS) is 1. The van der Waals surface area contributed by atoms with Gasteiger partial charge in [-0.05, 0) is 45.0 Å². The minimum Gasteiger partial charge on any atom is -0.494 e. The van der Waals surface area contributed by atoms with E-state index in [1.807, 2.05) is 6.92 Å². The van der Waals surface area contributed by atoms with E-state index < -0.39 is 17.3 Å². The third-order valence-corrected chi connectivity index (χ3v) is 2.53. The number of carbonyl (C=O) groups is 2. The molecule has 1 amide bonds. The average molecular weight is 251 g/mol. The summed E-state index contributed by atoms with van der Waals surface area (Å²) in [6, 6.07) is 6.77. The first-order valence-corrected chi connectivity index (χ1v) is 5.65. The normalized spacial score (nSPS) is 10.8. The van der Waals surface area contributed by atoms with Crippen LogP contribution in [0, 0.1) is 5.41 Å². The van der Waals surface area contributed by atoms with Gasteiger partial charge in [-0.3, -0.25) is 9.59 Å². The summed E-state index contributed by atoms with van der Waals surface area (Å²) in [5.74, 6) is -1.02. The van der Waals surface area contributed by atoms with Crippen molar-refractivity contribution in [3.8, 4) is 5.75 Å². The molecule has 98 valence electrons. The maximum absolute atomic E-state index is 11.8. The van der Waals surface area contributed by atoms with Crippen molar-refractivity contribution < 1.29 is 19.4 Å². The number of amides is 1. The van der Waals surface area contributed by atoms with Crippen LogP contribution in [0.15, 0.2) is 24.3 Å². The molecule has 0 saturated carbocycles. The Bertz CT molecular complexity index is 437. The van der Waals surface area contributed by atoms with Crippen molar-refractivity contribution in [2.75, 3.05) is 11.9 Å². The maximum Gasteiger partial charge on any atom is 0.318 e. The fourth-order valence-electron chi connectivity index (χ4n) is 1.19. The highest BCUT2D eigenvalue weighted by Gasteiger charge is 2.35. The van der Waals surface area contributed by atoms with Crippen LogP contribution < -0.4 is 10.1 Å². The third-order valence-electron chi connectivity index (χ3n) is 2.53. The molecule has 1 rings (SSSR count). The van der Waals surface area contributed by atoms with E-state index in [0.29, 0.717) is 18.0 Å². The zero-order chi connectivity index (χ0) is 13.8. The lowest BCUT2D eigenvalue weighted by Crippen LogP contribution is -2.37. The monoisotopic (exact) mass is 251 g/mol. The van der Waals surface area contributed by atoms with E-state index in [9.17, 15) is 9.59 Å². The second kappa shape index (κ2) is 5.53. The number of benzene rings is 1. The number of hydrogen-bond acceptors (Lipinski definition) is 3. The van der Waals surface area contributed by atoms with Gasteiger partial charge in [-0.15, -0.1) is 0 Å². The van der Waals surface area contributed by atoms with Crippen LogP contribution in [-0.4, -0.2) is 23.6 Å². The van der Waals surface area contributed by atoms with Gasteiger partial charge < -0.3 is 15.2 Å². The highest BCUT2D eigenvalue weighted by Crippen LogP contribution is 2.20. The fraction of sp³-hybridized carbons (Fsp3) is 0.385. The Morgan fingerprint density at radius 2 is 1.83 bits per heavy atom. The van der Waals surface area contributed by atoms with Crippen LogP contribution in [0.3, 0.4) is 0 Å². The van der Waals surface area contributed by atoms with Crippen LogP contribution >= 0.6 is 0 Å².